The Morgan fingerprint density at radius 3 is 2.58 bits per heavy atom. The topological polar surface area (TPSA) is 49.9 Å². The van der Waals surface area contributed by atoms with Crippen molar-refractivity contribution in [1.29, 1.82) is 0 Å². The van der Waals surface area contributed by atoms with Gasteiger partial charge in [-0.05, 0) is 20.3 Å². The molecule has 1 rings (SSSR count). The standard InChI is InChI=1S/C14H26N2O3/c1-5-6-9-19-12(3)14(18)16-8-7-15(13(4)17)10-11(16)2/h11-12H,5-10H2,1-4H3/t11-,12-/m0/s1. The molecule has 1 fully saturated rings. The van der Waals surface area contributed by atoms with Crippen molar-refractivity contribution in [3.63, 3.8) is 0 Å². The Bertz CT molecular complexity index is 320. The maximum absolute atomic E-state index is 12.3. The highest BCUT2D eigenvalue weighted by Crippen LogP contribution is 2.12. The van der Waals surface area contributed by atoms with Crippen LogP contribution in [-0.4, -0.2) is 60.0 Å². The molecule has 0 radical (unpaired) electrons. The molecule has 1 heterocycles. The largest absolute Gasteiger partial charge is 0.369 e. The fraction of sp³-hybridized carbons (Fsp3) is 0.857. The summed E-state index contributed by atoms with van der Waals surface area (Å²) < 4.78 is 5.55. The highest BCUT2D eigenvalue weighted by molar-refractivity contribution is 5.81. The van der Waals surface area contributed by atoms with Crippen LogP contribution in [-0.2, 0) is 14.3 Å². The van der Waals surface area contributed by atoms with Crippen molar-refractivity contribution < 1.29 is 14.3 Å². The van der Waals surface area contributed by atoms with Crippen molar-refractivity contribution >= 4 is 11.8 Å². The summed E-state index contributed by atoms with van der Waals surface area (Å²) in [5.74, 6) is 0.109. The van der Waals surface area contributed by atoms with Crippen molar-refractivity contribution in [2.75, 3.05) is 26.2 Å². The summed E-state index contributed by atoms with van der Waals surface area (Å²) in [5.41, 5.74) is 0. The van der Waals surface area contributed by atoms with E-state index < -0.39 is 6.10 Å². The van der Waals surface area contributed by atoms with Crippen molar-refractivity contribution in [2.45, 2.75) is 52.7 Å². The summed E-state index contributed by atoms with van der Waals surface area (Å²) in [5, 5.41) is 0. The first-order valence-electron chi connectivity index (χ1n) is 7.15. The molecule has 2 atom stereocenters. The number of carbonyl (C=O) groups is 2. The Labute approximate surface area is 115 Å². The van der Waals surface area contributed by atoms with Crippen LogP contribution in [0.2, 0.25) is 0 Å². The van der Waals surface area contributed by atoms with E-state index in [1.807, 2.05) is 18.7 Å². The quantitative estimate of drug-likeness (QED) is 0.707. The van der Waals surface area contributed by atoms with Crippen LogP contribution < -0.4 is 0 Å². The molecule has 0 N–H and O–H groups in total. The smallest absolute Gasteiger partial charge is 0.251 e. The number of amides is 2. The zero-order chi connectivity index (χ0) is 14.4. The Morgan fingerprint density at radius 1 is 1.37 bits per heavy atom. The zero-order valence-electron chi connectivity index (χ0n) is 12.5. The molecule has 0 aromatic heterocycles. The fourth-order valence-electron chi connectivity index (χ4n) is 2.28. The molecule has 0 aromatic rings. The first kappa shape index (κ1) is 16.0. The normalized spacial score (nSPS) is 21.4. The molecule has 2 amide bonds. The van der Waals surface area contributed by atoms with Crippen LogP contribution in [0, 0.1) is 0 Å². The van der Waals surface area contributed by atoms with Crippen molar-refractivity contribution in [3.05, 3.63) is 0 Å². The summed E-state index contributed by atoms with van der Waals surface area (Å²) in [7, 11) is 0. The summed E-state index contributed by atoms with van der Waals surface area (Å²) in [6, 6.07) is 0.0578. The lowest BCUT2D eigenvalue weighted by Crippen LogP contribution is -2.57. The van der Waals surface area contributed by atoms with Gasteiger partial charge in [-0.1, -0.05) is 13.3 Å². The Morgan fingerprint density at radius 2 is 2.05 bits per heavy atom. The molecule has 5 nitrogen and oxygen atoms in total. The van der Waals surface area contributed by atoms with Gasteiger partial charge in [0.1, 0.15) is 6.10 Å². The third-order valence-electron chi connectivity index (χ3n) is 3.57. The number of unbranched alkanes of at least 4 members (excludes halogenated alkanes) is 1. The molecule has 0 unspecified atom stereocenters. The number of rotatable bonds is 5. The van der Waals surface area contributed by atoms with E-state index in [-0.39, 0.29) is 17.9 Å². The van der Waals surface area contributed by atoms with Crippen LogP contribution >= 0.6 is 0 Å². The monoisotopic (exact) mass is 270 g/mol. The van der Waals surface area contributed by atoms with E-state index in [9.17, 15) is 9.59 Å². The highest BCUT2D eigenvalue weighted by atomic mass is 16.5. The van der Waals surface area contributed by atoms with Crippen LogP contribution in [0.3, 0.4) is 0 Å². The van der Waals surface area contributed by atoms with E-state index in [2.05, 4.69) is 6.92 Å². The van der Waals surface area contributed by atoms with Gasteiger partial charge in [-0.15, -0.1) is 0 Å². The SMILES string of the molecule is CCCCO[C@@H](C)C(=O)N1CCN(C(C)=O)C[C@@H]1C. The minimum atomic E-state index is -0.391. The molecule has 1 aliphatic heterocycles. The highest BCUT2D eigenvalue weighted by Gasteiger charge is 2.31. The van der Waals surface area contributed by atoms with E-state index in [1.54, 1.807) is 11.8 Å². The second-order valence-corrected chi connectivity index (χ2v) is 5.21. The van der Waals surface area contributed by atoms with E-state index >= 15 is 0 Å². The molecule has 0 aliphatic carbocycles. The van der Waals surface area contributed by atoms with Crippen LogP contribution in [0.15, 0.2) is 0 Å². The minimum absolute atomic E-state index is 0.0341. The third kappa shape index (κ3) is 4.49. The van der Waals surface area contributed by atoms with Crippen LogP contribution in [0.5, 0.6) is 0 Å². The average molecular weight is 270 g/mol. The van der Waals surface area contributed by atoms with Gasteiger partial charge in [-0.25, -0.2) is 0 Å². The van der Waals surface area contributed by atoms with Gasteiger partial charge in [0.15, 0.2) is 0 Å². The average Bonchev–Trinajstić information content (AvgIpc) is 2.37. The minimum Gasteiger partial charge on any atom is -0.369 e. The fourth-order valence-corrected chi connectivity index (χ4v) is 2.28. The predicted octanol–water partition coefficient (Wildman–Crippen LogP) is 1.27. The van der Waals surface area contributed by atoms with Gasteiger partial charge < -0.3 is 14.5 Å². The molecule has 0 aromatic carbocycles. The summed E-state index contributed by atoms with van der Waals surface area (Å²) >= 11 is 0. The molecule has 5 heteroatoms. The van der Waals surface area contributed by atoms with E-state index in [0.29, 0.717) is 26.2 Å². The first-order valence-corrected chi connectivity index (χ1v) is 7.15. The second kappa shape index (κ2) is 7.48. The molecule has 110 valence electrons. The van der Waals surface area contributed by atoms with Gasteiger partial charge in [-0.3, -0.25) is 9.59 Å². The maximum atomic E-state index is 12.3. The molecule has 0 bridgehead atoms. The van der Waals surface area contributed by atoms with Gasteiger partial charge in [0.25, 0.3) is 5.91 Å². The summed E-state index contributed by atoms with van der Waals surface area (Å²) in [6.45, 7) is 9.91. The zero-order valence-corrected chi connectivity index (χ0v) is 12.5. The van der Waals surface area contributed by atoms with Crippen molar-refractivity contribution in [3.8, 4) is 0 Å². The predicted molar refractivity (Wildman–Crippen MR) is 73.8 cm³/mol. The van der Waals surface area contributed by atoms with Gasteiger partial charge >= 0.3 is 0 Å². The molecule has 0 saturated carbocycles. The molecule has 19 heavy (non-hydrogen) atoms. The number of piperazine rings is 1. The Kier molecular flexibility index (Phi) is 6.28. The molecule has 0 spiro atoms. The maximum Gasteiger partial charge on any atom is 0.251 e. The number of hydrogen-bond donors (Lipinski definition) is 0. The van der Waals surface area contributed by atoms with Crippen LogP contribution in [0.4, 0.5) is 0 Å². The van der Waals surface area contributed by atoms with E-state index in [0.717, 1.165) is 12.8 Å². The summed E-state index contributed by atoms with van der Waals surface area (Å²) in [4.78, 5) is 27.2. The summed E-state index contributed by atoms with van der Waals surface area (Å²) in [6.07, 6.45) is 1.65. The Balaban J connectivity index is 2.47. The number of carbonyl (C=O) groups excluding carboxylic acids is 2. The van der Waals surface area contributed by atoms with Crippen molar-refractivity contribution in [2.24, 2.45) is 0 Å². The van der Waals surface area contributed by atoms with Gasteiger partial charge in [0.05, 0.1) is 0 Å². The van der Waals surface area contributed by atoms with Crippen LogP contribution in [0.1, 0.15) is 40.5 Å². The number of hydrogen-bond acceptors (Lipinski definition) is 3. The van der Waals surface area contributed by atoms with E-state index in [4.69, 9.17) is 4.74 Å². The third-order valence-corrected chi connectivity index (χ3v) is 3.57. The first-order chi connectivity index (χ1) is 8.97. The lowest BCUT2D eigenvalue weighted by Gasteiger charge is -2.40. The van der Waals surface area contributed by atoms with Gasteiger partial charge in [-0.2, -0.15) is 0 Å². The Hall–Kier alpha value is -1.10. The lowest BCUT2D eigenvalue weighted by molar-refractivity contribution is -0.150. The van der Waals surface area contributed by atoms with Crippen LogP contribution in [0.25, 0.3) is 0 Å². The molecular formula is C14H26N2O3. The van der Waals surface area contributed by atoms with Crippen molar-refractivity contribution in [1.82, 2.24) is 9.80 Å². The molecule has 1 aliphatic rings. The van der Waals surface area contributed by atoms with E-state index in [1.165, 1.54) is 0 Å². The second-order valence-electron chi connectivity index (χ2n) is 5.21. The number of nitrogens with zero attached hydrogens (tertiary/aromatic N) is 2. The lowest BCUT2D eigenvalue weighted by atomic mass is 10.1. The number of ether oxygens (including phenoxy) is 1. The van der Waals surface area contributed by atoms with Gasteiger partial charge in [0, 0.05) is 39.2 Å². The van der Waals surface area contributed by atoms with Gasteiger partial charge in [0.2, 0.25) is 5.91 Å². The molecular weight excluding hydrogens is 244 g/mol. The molecule has 1 saturated heterocycles.